The smallest absolute Gasteiger partial charge is 0.410 e. The van der Waals surface area contributed by atoms with E-state index >= 15 is 0 Å². The summed E-state index contributed by atoms with van der Waals surface area (Å²) in [6.45, 7) is 6.71. The third-order valence-corrected chi connectivity index (χ3v) is 3.33. The lowest BCUT2D eigenvalue weighted by Gasteiger charge is -2.38. The maximum Gasteiger partial charge on any atom is 0.410 e. The van der Waals surface area contributed by atoms with E-state index in [1.54, 1.807) is 16.8 Å². The number of carbonyl (C=O) groups is 2. The van der Waals surface area contributed by atoms with Crippen LogP contribution in [0.25, 0.3) is 0 Å². The van der Waals surface area contributed by atoms with Crippen LogP contribution in [0.1, 0.15) is 33.6 Å². The highest BCUT2D eigenvalue weighted by Crippen LogP contribution is 2.18. The van der Waals surface area contributed by atoms with Crippen molar-refractivity contribution in [2.24, 2.45) is 0 Å². The largest absolute Gasteiger partial charge is 0.444 e. The van der Waals surface area contributed by atoms with Crippen LogP contribution in [0.3, 0.4) is 0 Å². The van der Waals surface area contributed by atoms with Crippen molar-refractivity contribution in [1.82, 2.24) is 9.80 Å². The monoisotopic (exact) mass is 290 g/mol. The van der Waals surface area contributed by atoms with E-state index in [9.17, 15) is 9.59 Å². The van der Waals surface area contributed by atoms with Crippen molar-refractivity contribution < 1.29 is 14.3 Å². The van der Waals surface area contributed by atoms with Gasteiger partial charge in [-0.25, -0.2) is 4.79 Å². The molecule has 1 aliphatic rings. The summed E-state index contributed by atoms with van der Waals surface area (Å²) >= 11 is 5.56. The molecule has 1 rings (SSSR count). The predicted octanol–water partition coefficient (Wildman–Crippen LogP) is 2.08. The first-order valence-electron chi connectivity index (χ1n) is 6.54. The number of halogens is 1. The van der Waals surface area contributed by atoms with Gasteiger partial charge in [-0.15, -0.1) is 11.6 Å². The highest BCUT2D eigenvalue weighted by atomic mass is 35.5. The second-order valence-corrected chi connectivity index (χ2v) is 6.13. The quantitative estimate of drug-likeness (QED) is 0.732. The van der Waals surface area contributed by atoms with E-state index in [1.807, 2.05) is 20.8 Å². The second-order valence-electron chi connectivity index (χ2n) is 5.86. The minimum absolute atomic E-state index is 0.0209. The summed E-state index contributed by atoms with van der Waals surface area (Å²) in [6, 6.07) is 0.0209. The molecule has 0 saturated carbocycles. The Hall–Kier alpha value is -0.970. The molecule has 1 fully saturated rings. The van der Waals surface area contributed by atoms with Crippen molar-refractivity contribution in [3.8, 4) is 0 Å². The van der Waals surface area contributed by atoms with E-state index in [0.29, 0.717) is 13.1 Å². The zero-order chi connectivity index (χ0) is 14.6. The fraction of sp³-hybridized carbons (Fsp3) is 0.846. The van der Waals surface area contributed by atoms with E-state index in [1.165, 1.54) is 0 Å². The van der Waals surface area contributed by atoms with Crippen LogP contribution in [0.4, 0.5) is 4.79 Å². The Balaban J connectivity index is 2.59. The van der Waals surface area contributed by atoms with Gasteiger partial charge in [0.1, 0.15) is 11.5 Å². The van der Waals surface area contributed by atoms with Gasteiger partial charge in [0.25, 0.3) is 0 Å². The Labute approximate surface area is 119 Å². The third kappa shape index (κ3) is 4.90. The Morgan fingerprint density at radius 3 is 2.58 bits per heavy atom. The average Bonchev–Trinajstić information content (AvgIpc) is 2.35. The minimum Gasteiger partial charge on any atom is -0.444 e. The van der Waals surface area contributed by atoms with E-state index in [-0.39, 0.29) is 23.9 Å². The van der Waals surface area contributed by atoms with Gasteiger partial charge < -0.3 is 14.5 Å². The zero-order valence-electron chi connectivity index (χ0n) is 12.1. The van der Waals surface area contributed by atoms with Gasteiger partial charge in [0.05, 0.1) is 0 Å². The molecule has 0 aromatic carbocycles. The molecule has 0 bridgehead atoms. The Morgan fingerprint density at radius 1 is 1.42 bits per heavy atom. The van der Waals surface area contributed by atoms with Crippen molar-refractivity contribution in [2.45, 2.75) is 45.3 Å². The molecule has 2 amide bonds. The summed E-state index contributed by atoms with van der Waals surface area (Å²) in [7, 11) is 1.73. The molecule has 0 aromatic heterocycles. The van der Waals surface area contributed by atoms with Gasteiger partial charge in [-0.05, 0) is 33.6 Å². The molecule has 0 N–H and O–H groups in total. The number of ether oxygens (including phenoxy) is 1. The predicted molar refractivity (Wildman–Crippen MR) is 74.3 cm³/mol. The number of likely N-dealkylation sites (N-methyl/N-ethyl adjacent to an activating group) is 1. The molecule has 0 unspecified atom stereocenters. The van der Waals surface area contributed by atoms with E-state index in [2.05, 4.69) is 0 Å². The highest BCUT2D eigenvalue weighted by molar-refractivity contribution is 6.27. The van der Waals surface area contributed by atoms with Gasteiger partial charge >= 0.3 is 6.09 Å². The maximum atomic E-state index is 12.0. The Morgan fingerprint density at radius 2 is 2.05 bits per heavy atom. The molecular formula is C13H23ClN2O3. The lowest BCUT2D eigenvalue weighted by molar-refractivity contribution is -0.130. The van der Waals surface area contributed by atoms with Crippen LogP contribution in [0, 0.1) is 0 Å². The number of amides is 2. The number of alkyl halides is 1. The lowest BCUT2D eigenvalue weighted by atomic mass is 10.0. The first kappa shape index (κ1) is 16.1. The van der Waals surface area contributed by atoms with Crippen LogP contribution >= 0.6 is 11.6 Å². The Kier molecular flexibility index (Phi) is 5.47. The molecule has 6 heteroatoms. The number of rotatable bonds is 2. The van der Waals surface area contributed by atoms with E-state index < -0.39 is 5.60 Å². The van der Waals surface area contributed by atoms with Crippen molar-refractivity contribution in [1.29, 1.82) is 0 Å². The summed E-state index contributed by atoms with van der Waals surface area (Å²) in [5.74, 6) is -0.142. The molecule has 0 aliphatic carbocycles. The van der Waals surface area contributed by atoms with Crippen LogP contribution in [0.15, 0.2) is 0 Å². The fourth-order valence-electron chi connectivity index (χ4n) is 2.06. The first-order chi connectivity index (χ1) is 8.74. The summed E-state index contributed by atoms with van der Waals surface area (Å²) in [6.07, 6.45) is 1.44. The molecule has 1 heterocycles. The van der Waals surface area contributed by atoms with Crippen molar-refractivity contribution >= 4 is 23.6 Å². The lowest BCUT2D eigenvalue weighted by Crippen LogP contribution is -2.51. The standard InChI is InChI=1S/C13H23ClN2O3/c1-13(2,3)19-12(18)16-7-5-6-10(9-16)15(4)11(17)8-14/h10H,5-9H2,1-4H3/t10-/m1/s1. The van der Waals surface area contributed by atoms with Crippen LogP contribution in [-0.4, -0.2) is 59.5 Å². The number of hydrogen-bond acceptors (Lipinski definition) is 3. The second kappa shape index (κ2) is 6.46. The van der Waals surface area contributed by atoms with Gasteiger partial charge in [0, 0.05) is 26.2 Å². The molecule has 110 valence electrons. The fourth-order valence-corrected chi connectivity index (χ4v) is 2.25. The van der Waals surface area contributed by atoms with E-state index in [4.69, 9.17) is 16.3 Å². The molecule has 0 aromatic rings. The zero-order valence-corrected chi connectivity index (χ0v) is 12.9. The highest BCUT2D eigenvalue weighted by Gasteiger charge is 2.30. The summed E-state index contributed by atoms with van der Waals surface area (Å²) < 4.78 is 5.35. The number of likely N-dealkylation sites (tertiary alicyclic amines) is 1. The van der Waals surface area contributed by atoms with Crippen molar-refractivity contribution in [3.63, 3.8) is 0 Å². The molecule has 1 saturated heterocycles. The van der Waals surface area contributed by atoms with Crippen molar-refractivity contribution in [3.05, 3.63) is 0 Å². The molecule has 1 atom stereocenters. The number of piperidine rings is 1. The molecule has 5 nitrogen and oxygen atoms in total. The normalized spacial score (nSPS) is 20.1. The molecule has 0 radical (unpaired) electrons. The van der Waals surface area contributed by atoms with Gasteiger partial charge in [0.2, 0.25) is 5.91 Å². The first-order valence-corrected chi connectivity index (χ1v) is 7.07. The topological polar surface area (TPSA) is 49.9 Å². The van der Waals surface area contributed by atoms with Crippen LogP contribution < -0.4 is 0 Å². The number of hydrogen-bond donors (Lipinski definition) is 0. The molecule has 0 spiro atoms. The maximum absolute atomic E-state index is 12.0. The van der Waals surface area contributed by atoms with E-state index in [0.717, 1.165) is 12.8 Å². The number of nitrogens with zero attached hydrogens (tertiary/aromatic N) is 2. The summed E-state index contributed by atoms with van der Waals surface area (Å²) in [5, 5.41) is 0. The number of carbonyl (C=O) groups excluding carboxylic acids is 2. The van der Waals surface area contributed by atoms with Gasteiger partial charge in [-0.1, -0.05) is 0 Å². The SMILES string of the molecule is CN(C(=O)CCl)[C@@H]1CCCN(C(=O)OC(C)(C)C)C1. The molecule has 1 aliphatic heterocycles. The Bertz CT molecular complexity index is 341. The molecule has 19 heavy (non-hydrogen) atoms. The van der Waals surface area contributed by atoms with Gasteiger partial charge in [-0.2, -0.15) is 0 Å². The summed E-state index contributed by atoms with van der Waals surface area (Å²) in [5.41, 5.74) is -0.498. The van der Waals surface area contributed by atoms with Crippen LogP contribution in [0.2, 0.25) is 0 Å². The third-order valence-electron chi connectivity index (χ3n) is 3.10. The average molecular weight is 291 g/mol. The summed E-state index contributed by atoms with van der Waals surface area (Å²) in [4.78, 5) is 26.9. The van der Waals surface area contributed by atoms with Crippen LogP contribution in [0.5, 0.6) is 0 Å². The van der Waals surface area contributed by atoms with Gasteiger partial charge in [-0.3, -0.25) is 4.79 Å². The molecular weight excluding hydrogens is 268 g/mol. The van der Waals surface area contributed by atoms with Crippen LogP contribution in [-0.2, 0) is 9.53 Å². The minimum atomic E-state index is -0.498. The van der Waals surface area contributed by atoms with Crippen molar-refractivity contribution in [2.75, 3.05) is 26.0 Å². The van der Waals surface area contributed by atoms with Gasteiger partial charge in [0.15, 0.2) is 0 Å².